The van der Waals surface area contributed by atoms with E-state index < -0.39 is 11.0 Å². The molecule has 0 aliphatic carbocycles. The Labute approximate surface area is 181 Å². The van der Waals surface area contributed by atoms with Gasteiger partial charge < -0.3 is 14.6 Å². The lowest BCUT2D eigenvalue weighted by Gasteiger charge is -2.33. The van der Waals surface area contributed by atoms with Gasteiger partial charge in [0.25, 0.3) is 0 Å². The van der Waals surface area contributed by atoms with Crippen LogP contribution in [0.15, 0.2) is 96.0 Å². The van der Waals surface area contributed by atoms with Crippen LogP contribution in [0.2, 0.25) is 0 Å². The second kappa shape index (κ2) is 9.00. The highest BCUT2D eigenvalue weighted by Gasteiger charge is 2.46. The molecule has 30 heavy (non-hydrogen) atoms. The van der Waals surface area contributed by atoms with E-state index in [9.17, 15) is 5.11 Å². The molecule has 0 aromatic heterocycles. The van der Waals surface area contributed by atoms with Gasteiger partial charge in [-0.2, -0.15) is 0 Å². The maximum absolute atomic E-state index is 11.9. The number of ether oxygens (including phenoxy) is 2. The van der Waals surface area contributed by atoms with Crippen molar-refractivity contribution >= 4 is 17.5 Å². The normalized spacial score (nSPS) is 19.8. The van der Waals surface area contributed by atoms with E-state index in [-0.39, 0.29) is 12.1 Å². The van der Waals surface area contributed by atoms with Crippen LogP contribution in [0, 0.1) is 0 Å². The first-order valence-electron chi connectivity index (χ1n) is 9.90. The van der Waals surface area contributed by atoms with E-state index in [0.29, 0.717) is 23.6 Å². The van der Waals surface area contributed by atoms with Crippen molar-refractivity contribution in [2.45, 2.75) is 23.1 Å². The number of aliphatic imine (C=N–C) groups is 1. The van der Waals surface area contributed by atoms with Crippen LogP contribution in [0.3, 0.4) is 0 Å². The van der Waals surface area contributed by atoms with Crippen molar-refractivity contribution < 1.29 is 14.6 Å². The highest BCUT2D eigenvalue weighted by atomic mass is 35.5. The molecular weight excluding hydrogens is 398 g/mol. The smallest absolute Gasteiger partial charge is 0.206 e. The Morgan fingerprint density at radius 1 is 0.933 bits per heavy atom. The quantitative estimate of drug-likeness (QED) is 0.562. The fraction of sp³-hybridized carbons (Fsp3) is 0.240. The summed E-state index contributed by atoms with van der Waals surface area (Å²) >= 11 is 6.94. The standard InChI is InChI=1S/C25H24ClNO3/c1-29-17-21-22(18-11-5-2-6-12-18)30-24(27-21)23(26)25(28,19-13-7-3-8-14-19)20-15-9-4-10-16-20/h2-16,21-23,28H,17H2,1H3/t21-,22-,23-/m0/s1. The second-order valence-corrected chi connectivity index (χ2v) is 7.74. The van der Waals surface area contributed by atoms with E-state index in [1.165, 1.54) is 0 Å². The molecule has 3 aromatic carbocycles. The van der Waals surface area contributed by atoms with Crippen LogP contribution in [0.1, 0.15) is 22.8 Å². The number of halogens is 1. The lowest BCUT2D eigenvalue weighted by Crippen LogP contribution is -2.42. The molecule has 0 amide bonds. The molecule has 3 aromatic rings. The predicted octanol–water partition coefficient (Wildman–Crippen LogP) is 4.71. The Morgan fingerprint density at radius 2 is 1.43 bits per heavy atom. The van der Waals surface area contributed by atoms with Crippen LogP contribution in [-0.2, 0) is 15.1 Å². The highest BCUT2D eigenvalue weighted by molar-refractivity contribution is 6.32. The summed E-state index contributed by atoms with van der Waals surface area (Å²) in [6, 6.07) is 28.4. The number of aliphatic hydroxyl groups is 1. The van der Waals surface area contributed by atoms with Crippen molar-refractivity contribution in [2.75, 3.05) is 13.7 Å². The second-order valence-electron chi connectivity index (χ2n) is 7.30. The van der Waals surface area contributed by atoms with Crippen LogP contribution in [-0.4, -0.2) is 36.1 Å². The van der Waals surface area contributed by atoms with Gasteiger partial charge >= 0.3 is 0 Å². The van der Waals surface area contributed by atoms with Gasteiger partial charge in [0.05, 0.1) is 6.61 Å². The van der Waals surface area contributed by atoms with Crippen LogP contribution in [0.4, 0.5) is 0 Å². The lowest BCUT2D eigenvalue weighted by atomic mass is 9.83. The topological polar surface area (TPSA) is 51.0 Å². The molecule has 1 aliphatic rings. The summed E-state index contributed by atoms with van der Waals surface area (Å²) in [7, 11) is 1.64. The van der Waals surface area contributed by atoms with Crippen LogP contribution < -0.4 is 0 Å². The Kier molecular flexibility index (Phi) is 6.18. The molecule has 0 bridgehead atoms. The van der Waals surface area contributed by atoms with Crippen molar-refractivity contribution in [1.82, 2.24) is 0 Å². The number of nitrogens with zero attached hydrogens (tertiary/aromatic N) is 1. The molecule has 3 atom stereocenters. The number of benzene rings is 3. The number of hydrogen-bond acceptors (Lipinski definition) is 4. The van der Waals surface area contributed by atoms with Crippen LogP contribution in [0.25, 0.3) is 0 Å². The fourth-order valence-corrected chi connectivity index (χ4v) is 4.21. The summed E-state index contributed by atoms with van der Waals surface area (Å²) in [4.78, 5) is 4.73. The van der Waals surface area contributed by atoms with E-state index >= 15 is 0 Å². The van der Waals surface area contributed by atoms with E-state index in [1.54, 1.807) is 7.11 Å². The SMILES string of the molecule is COC[C@@H]1N=C([C@H](Cl)C(O)(c2ccccc2)c2ccccc2)O[C@H]1c1ccccc1. The molecular formula is C25H24ClNO3. The van der Waals surface area contributed by atoms with Gasteiger partial charge in [-0.05, 0) is 16.7 Å². The van der Waals surface area contributed by atoms with Gasteiger partial charge in [0, 0.05) is 7.11 Å². The third kappa shape index (κ3) is 3.86. The van der Waals surface area contributed by atoms with Crippen LogP contribution in [0.5, 0.6) is 0 Å². The first kappa shape index (κ1) is 20.6. The molecule has 0 saturated heterocycles. The molecule has 0 fully saturated rings. The van der Waals surface area contributed by atoms with Gasteiger partial charge in [-0.3, -0.25) is 0 Å². The average molecular weight is 422 g/mol. The number of rotatable bonds is 7. The zero-order valence-electron chi connectivity index (χ0n) is 16.7. The van der Waals surface area contributed by atoms with Crippen LogP contribution >= 0.6 is 11.6 Å². The van der Waals surface area contributed by atoms with Gasteiger partial charge in [0.2, 0.25) is 5.90 Å². The molecule has 1 N–H and O–H groups in total. The van der Waals surface area contributed by atoms with E-state index in [1.807, 2.05) is 91.0 Å². The summed E-state index contributed by atoms with van der Waals surface area (Å²) in [5.41, 5.74) is 0.833. The molecule has 0 unspecified atom stereocenters. The summed E-state index contributed by atoms with van der Waals surface area (Å²) < 4.78 is 11.6. The van der Waals surface area contributed by atoms with Crippen molar-refractivity contribution in [1.29, 1.82) is 0 Å². The van der Waals surface area contributed by atoms with Gasteiger partial charge in [-0.1, -0.05) is 91.0 Å². The first-order chi connectivity index (χ1) is 14.6. The Hall–Kier alpha value is -2.66. The molecule has 1 aliphatic heterocycles. The van der Waals surface area contributed by atoms with E-state index in [0.717, 1.165) is 5.56 Å². The lowest BCUT2D eigenvalue weighted by molar-refractivity contribution is 0.0786. The molecule has 0 saturated carbocycles. The van der Waals surface area contributed by atoms with Gasteiger partial charge in [-0.25, -0.2) is 4.99 Å². The van der Waals surface area contributed by atoms with Crippen molar-refractivity contribution in [3.63, 3.8) is 0 Å². The van der Waals surface area contributed by atoms with Gasteiger partial charge in [0.15, 0.2) is 0 Å². The van der Waals surface area contributed by atoms with Gasteiger partial charge in [0.1, 0.15) is 23.1 Å². The Morgan fingerprint density at radius 3 is 1.93 bits per heavy atom. The summed E-state index contributed by atoms with van der Waals surface area (Å²) in [5, 5.41) is 11.0. The fourth-order valence-electron chi connectivity index (χ4n) is 3.85. The Bertz CT molecular complexity index is 940. The zero-order chi connectivity index (χ0) is 21.0. The van der Waals surface area contributed by atoms with Crippen molar-refractivity contribution in [3.8, 4) is 0 Å². The maximum atomic E-state index is 11.9. The number of alkyl halides is 1. The maximum Gasteiger partial charge on any atom is 0.206 e. The molecule has 1 heterocycles. The number of hydrogen-bond donors (Lipinski definition) is 1. The molecule has 0 radical (unpaired) electrons. The minimum atomic E-state index is -1.51. The first-order valence-corrected chi connectivity index (χ1v) is 10.3. The Balaban J connectivity index is 1.73. The third-order valence-electron chi connectivity index (χ3n) is 5.37. The monoisotopic (exact) mass is 421 g/mol. The predicted molar refractivity (Wildman–Crippen MR) is 119 cm³/mol. The average Bonchev–Trinajstić information content (AvgIpc) is 3.24. The molecule has 4 nitrogen and oxygen atoms in total. The molecule has 154 valence electrons. The highest BCUT2D eigenvalue weighted by Crippen LogP contribution is 2.40. The zero-order valence-corrected chi connectivity index (χ0v) is 17.4. The minimum absolute atomic E-state index is 0.246. The molecule has 4 rings (SSSR count). The summed E-state index contributed by atoms with van der Waals surface area (Å²) in [5.74, 6) is 0.308. The molecule has 5 heteroatoms. The van der Waals surface area contributed by atoms with Crippen molar-refractivity contribution in [3.05, 3.63) is 108 Å². The van der Waals surface area contributed by atoms with Crippen molar-refractivity contribution in [2.24, 2.45) is 4.99 Å². The third-order valence-corrected chi connectivity index (χ3v) is 5.87. The minimum Gasteiger partial charge on any atom is -0.469 e. The summed E-state index contributed by atoms with van der Waals surface area (Å²) in [6.07, 6.45) is -0.321. The number of methoxy groups -OCH3 is 1. The van der Waals surface area contributed by atoms with E-state index in [4.69, 9.17) is 26.1 Å². The largest absolute Gasteiger partial charge is 0.469 e. The van der Waals surface area contributed by atoms with Gasteiger partial charge in [-0.15, -0.1) is 11.6 Å². The summed E-state index contributed by atoms with van der Waals surface area (Å²) in [6.45, 7) is 0.391. The molecule has 0 spiro atoms. The van der Waals surface area contributed by atoms with E-state index in [2.05, 4.69) is 0 Å².